The third-order valence-electron chi connectivity index (χ3n) is 3.95. The Hall–Kier alpha value is -1.11. The van der Waals surface area contributed by atoms with Crippen molar-refractivity contribution in [1.82, 2.24) is 9.88 Å². The van der Waals surface area contributed by atoms with Crippen molar-refractivity contribution in [3.8, 4) is 0 Å². The van der Waals surface area contributed by atoms with Crippen molar-refractivity contribution in [2.24, 2.45) is 0 Å². The number of amides is 1. The van der Waals surface area contributed by atoms with Gasteiger partial charge in [-0.25, -0.2) is 0 Å². The van der Waals surface area contributed by atoms with E-state index in [1.807, 2.05) is 34.9 Å². The zero-order valence-electron chi connectivity index (χ0n) is 12.2. The second kappa shape index (κ2) is 6.34. The zero-order valence-corrected chi connectivity index (χ0v) is 13.0. The molecule has 1 amide bonds. The number of thioether (sulfide) groups is 1. The second-order valence-corrected chi connectivity index (χ2v) is 7.12. The first kappa shape index (κ1) is 14.8. The van der Waals surface area contributed by atoms with Crippen LogP contribution in [0.25, 0.3) is 0 Å². The minimum absolute atomic E-state index is 0.0848. The predicted molar refractivity (Wildman–Crippen MR) is 81.1 cm³/mol. The highest BCUT2D eigenvalue weighted by Crippen LogP contribution is 2.46. The molecule has 1 atom stereocenters. The number of hydrogen-bond acceptors (Lipinski definition) is 5. The lowest BCUT2D eigenvalue weighted by Gasteiger charge is -2.47. The largest absolute Gasteiger partial charge is 0.375 e. The molecule has 1 spiro atoms. The molecule has 2 aliphatic heterocycles. The number of aromatic nitrogens is 1. The van der Waals surface area contributed by atoms with Crippen molar-refractivity contribution in [2.45, 2.75) is 23.9 Å². The number of carbonyl (C=O) groups excluding carboxylic acids is 1. The van der Waals surface area contributed by atoms with E-state index in [0.717, 1.165) is 31.0 Å². The summed E-state index contributed by atoms with van der Waals surface area (Å²) in [5.74, 6) is 1.08. The highest BCUT2D eigenvalue weighted by atomic mass is 32.2. The molecule has 6 heteroatoms. The van der Waals surface area contributed by atoms with Crippen LogP contribution < -0.4 is 0 Å². The van der Waals surface area contributed by atoms with Crippen molar-refractivity contribution < 1.29 is 14.3 Å². The molecule has 21 heavy (non-hydrogen) atoms. The maximum Gasteiger partial charge on any atom is 0.248 e. The molecule has 2 saturated heterocycles. The quantitative estimate of drug-likeness (QED) is 0.821. The van der Waals surface area contributed by atoms with Crippen LogP contribution >= 0.6 is 11.8 Å². The van der Waals surface area contributed by atoms with E-state index in [1.165, 1.54) is 0 Å². The molecule has 2 aliphatic rings. The lowest BCUT2D eigenvalue weighted by atomic mass is 9.93. The van der Waals surface area contributed by atoms with E-state index in [-0.39, 0.29) is 23.4 Å². The second-order valence-electron chi connectivity index (χ2n) is 5.64. The van der Waals surface area contributed by atoms with Gasteiger partial charge in [0.25, 0.3) is 0 Å². The Labute approximate surface area is 129 Å². The van der Waals surface area contributed by atoms with Gasteiger partial charge in [0.05, 0.1) is 23.2 Å². The third-order valence-corrected chi connectivity index (χ3v) is 5.52. The van der Waals surface area contributed by atoms with Gasteiger partial charge in [-0.05, 0) is 18.6 Å². The monoisotopic (exact) mass is 308 g/mol. The van der Waals surface area contributed by atoms with Gasteiger partial charge in [-0.3, -0.25) is 9.78 Å². The molecule has 1 aromatic heterocycles. The van der Waals surface area contributed by atoms with Gasteiger partial charge < -0.3 is 14.4 Å². The molecule has 0 bridgehead atoms. The van der Waals surface area contributed by atoms with Crippen LogP contribution in [0.5, 0.6) is 0 Å². The summed E-state index contributed by atoms with van der Waals surface area (Å²) in [6.45, 7) is 2.39. The maximum atomic E-state index is 11.7. The van der Waals surface area contributed by atoms with Gasteiger partial charge in [-0.1, -0.05) is 6.07 Å². The highest BCUT2D eigenvalue weighted by molar-refractivity contribution is 8.01. The fourth-order valence-corrected chi connectivity index (χ4v) is 4.41. The van der Waals surface area contributed by atoms with E-state index >= 15 is 0 Å². The molecular formula is C15H20N2O3S. The lowest BCUT2D eigenvalue weighted by molar-refractivity contribution is -0.140. The Bertz CT molecular complexity index is 491. The molecule has 5 nitrogen and oxygen atoms in total. The standard InChI is InChI=1S/C15H20N2O3S/c1-19-8-14(18)17-10-15(11-17)6-13(9-21-15)20-7-12-4-2-3-5-16-12/h2-5,13H,6-11H2,1H3/t13-/m0/s1. The Morgan fingerprint density at radius 1 is 1.52 bits per heavy atom. The van der Waals surface area contributed by atoms with Crippen LogP contribution in [0.15, 0.2) is 24.4 Å². The van der Waals surface area contributed by atoms with Crippen molar-refractivity contribution in [1.29, 1.82) is 0 Å². The van der Waals surface area contributed by atoms with Crippen molar-refractivity contribution >= 4 is 17.7 Å². The smallest absolute Gasteiger partial charge is 0.248 e. The van der Waals surface area contributed by atoms with E-state index in [1.54, 1.807) is 13.3 Å². The summed E-state index contributed by atoms with van der Waals surface area (Å²) in [5, 5.41) is 0. The molecule has 0 aromatic carbocycles. The van der Waals surface area contributed by atoms with Gasteiger partial charge >= 0.3 is 0 Å². The van der Waals surface area contributed by atoms with Crippen LogP contribution in [0.1, 0.15) is 12.1 Å². The number of carbonyl (C=O) groups is 1. The van der Waals surface area contributed by atoms with Crippen LogP contribution in [0.4, 0.5) is 0 Å². The van der Waals surface area contributed by atoms with Crippen LogP contribution in [-0.2, 0) is 20.9 Å². The molecule has 0 saturated carbocycles. The average Bonchev–Trinajstić information content (AvgIpc) is 2.89. The molecule has 0 N–H and O–H groups in total. The summed E-state index contributed by atoms with van der Waals surface area (Å²) < 4.78 is 11.0. The van der Waals surface area contributed by atoms with E-state index in [9.17, 15) is 4.79 Å². The third kappa shape index (κ3) is 3.39. The summed E-state index contributed by atoms with van der Waals surface area (Å²) in [6.07, 6.45) is 3.06. The van der Waals surface area contributed by atoms with E-state index in [2.05, 4.69) is 4.98 Å². The first-order valence-corrected chi connectivity index (χ1v) is 8.11. The Morgan fingerprint density at radius 3 is 3.10 bits per heavy atom. The molecule has 1 aromatic rings. The number of hydrogen-bond donors (Lipinski definition) is 0. The Balaban J connectivity index is 1.43. The SMILES string of the molecule is COCC(=O)N1CC2(C[C@H](OCc3ccccn3)CS2)C1. The van der Waals surface area contributed by atoms with Gasteiger partial charge in [0, 0.05) is 32.1 Å². The molecule has 3 rings (SSSR count). The fraction of sp³-hybridized carbons (Fsp3) is 0.600. The summed E-state index contributed by atoms with van der Waals surface area (Å²) in [7, 11) is 1.55. The van der Waals surface area contributed by atoms with Crippen LogP contribution in [0.3, 0.4) is 0 Å². The maximum absolute atomic E-state index is 11.7. The molecule has 114 valence electrons. The number of rotatable bonds is 5. The topological polar surface area (TPSA) is 51.7 Å². The van der Waals surface area contributed by atoms with Crippen LogP contribution in [0, 0.1) is 0 Å². The molecule has 0 unspecified atom stereocenters. The first-order valence-electron chi connectivity index (χ1n) is 7.13. The van der Waals surface area contributed by atoms with Gasteiger partial charge in [0.2, 0.25) is 5.91 Å². The van der Waals surface area contributed by atoms with Gasteiger partial charge in [0.15, 0.2) is 0 Å². The number of nitrogens with zero attached hydrogens (tertiary/aromatic N) is 2. The summed E-state index contributed by atoms with van der Waals surface area (Å²) in [5.41, 5.74) is 0.967. The first-order chi connectivity index (χ1) is 10.2. The number of pyridine rings is 1. The van der Waals surface area contributed by atoms with Gasteiger partial charge in [0.1, 0.15) is 6.61 Å². The van der Waals surface area contributed by atoms with E-state index < -0.39 is 0 Å². The van der Waals surface area contributed by atoms with E-state index in [0.29, 0.717) is 6.61 Å². The predicted octanol–water partition coefficient (Wildman–Crippen LogP) is 1.33. The summed E-state index contributed by atoms with van der Waals surface area (Å²) in [4.78, 5) is 17.8. The van der Waals surface area contributed by atoms with Crippen LogP contribution in [0.2, 0.25) is 0 Å². The van der Waals surface area contributed by atoms with Gasteiger partial charge in [-0.15, -0.1) is 11.8 Å². The molecule has 3 heterocycles. The molecular weight excluding hydrogens is 288 g/mol. The zero-order chi connectivity index (χ0) is 14.7. The molecule has 2 fully saturated rings. The van der Waals surface area contributed by atoms with Crippen molar-refractivity contribution in [3.05, 3.63) is 30.1 Å². The Kier molecular flexibility index (Phi) is 4.47. The Morgan fingerprint density at radius 2 is 2.38 bits per heavy atom. The normalized spacial score (nSPS) is 23.3. The lowest BCUT2D eigenvalue weighted by Crippen LogP contribution is -2.61. The molecule has 0 radical (unpaired) electrons. The van der Waals surface area contributed by atoms with Crippen molar-refractivity contribution in [3.63, 3.8) is 0 Å². The average molecular weight is 308 g/mol. The number of methoxy groups -OCH3 is 1. The van der Waals surface area contributed by atoms with E-state index in [4.69, 9.17) is 9.47 Å². The number of ether oxygens (including phenoxy) is 2. The van der Waals surface area contributed by atoms with Crippen molar-refractivity contribution in [2.75, 3.05) is 32.6 Å². The summed E-state index contributed by atoms with van der Waals surface area (Å²) >= 11 is 1.93. The van der Waals surface area contributed by atoms with Crippen LogP contribution in [-0.4, -0.2) is 59.2 Å². The summed E-state index contributed by atoms with van der Waals surface area (Å²) in [6, 6.07) is 5.86. The molecule has 0 aliphatic carbocycles. The van der Waals surface area contributed by atoms with Gasteiger partial charge in [-0.2, -0.15) is 0 Å². The fourth-order valence-electron chi connectivity index (χ4n) is 2.86. The highest BCUT2D eigenvalue weighted by Gasteiger charge is 2.50. The minimum atomic E-state index is 0.0848. The minimum Gasteiger partial charge on any atom is -0.375 e. The number of likely N-dealkylation sites (tertiary alicyclic amines) is 1.